The van der Waals surface area contributed by atoms with E-state index in [1.54, 1.807) is 29.2 Å². The van der Waals surface area contributed by atoms with Gasteiger partial charge >= 0.3 is 12.2 Å². The fourth-order valence-corrected chi connectivity index (χ4v) is 2.54. The summed E-state index contributed by atoms with van der Waals surface area (Å²) in [6, 6.07) is 6.64. The molecule has 0 spiro atoms. The first-order chi connectivity index (χ1) is 11.7. The lowest BCUT2D eigenvalue weighted by Gasteiger charge is -2.25. The highest BCUT2D eigenvalue weighted by atomic mass is 16.6. The SMILES string of the molecule is CCCN(C(=O)O)c1cccc(OC(=O)N(CC(C)C)CC(C)C)c1. The summed E-state index contributed by atoms with van der Waals surface area (Å²) in [5, 5.41) is 9.33. The average Bonchev–Trinajstić information content (AvgIpc) is 2.51. The van der Waals surface area contributed by atoms with E-state index in [-0.39, 0.29) is 0 Å². The minimum atomic E-state index is -1.02. The Balaban J connectivity index is 2.91. The number of carboxylic acid groups (broad SMARTS) is 1. The van der Waals surface area contributed by atoms with Crippen LogP contribution < -0.4 is 9.64 Å². The van der Waals surface area contributed by atoms with Crippen LogP contribution in [-0.2, 0) is 0 Å². The van der Waals surface area contributed by atoms with Crippen LogP contribution >= 0.6 is 0 Å². The van der Waals surface area contributed by atoms with Gasteiger partial charge in [-0.05, 0) is 30.4 Å². The lowest BCUT2D eigenvalue weighted by Crippen LogP contribution is -2.39. The first-order valence-corrected chi connectivity index (χ1v) is 8.81. The molecule has 0 aliphatic rings. The molecule has 0 bridgehead atoms. The van der Waals surface area contributed by atoms with Crippen LogP contribution in [0.5, 0.6) is 5.75 Å². The molecule has 0 aliphatic carbocycles. The van der Waals surface area contributed by atoms with Crippen LogP contribution in [-0.4, -0.2) is 41.8 Å². The van der Waals surface area contributed by atoms with Crippen molar-refractivity contribution in [3.8, 4) is 5.75 Å². The van der Waals surface area contributed by atoms with E-state index in [2.05, 4.69) is 27.7 Å². The summed E-state index contributed by atoms with van der Waals surface area (Å²) >= 11 is 0. The van der Waals surface area contributed by atoms with Crippen LogP contribution in [0.15, 0.2) is 24.3 Å². The van der Waals surface area contributed by atoms with E-state index in [9.17, 15) is 14.7 Å². The lowest BCUT2D eigenvalue weighted by atomic mass is 10.1. The Morgan fingerprint density at radius 2 is 1.72 bits per heavy atom. The van der Waals surface area contributed by atoms with Crippen LogP contribution in [0.1, 0.15) is 41.0 Å². The summed E-state index contributed by atoms with van der Waals surface area (Å²) in [6.07, 6.45) is -0.726. The van der Waals surface area contributed by atoms with E-state index >= 15 is 0 Å². The van der Waals surface area contributed by atoms with E-state index in [1.807, 2.05) is 6.92 Å². The molecule has 6 heteroatoms. The van der Waals surface area contributed by atoms with Crippen LogP contribution in [0.3, 0.4) is 0 Å². The Hall–Kier alpha value is -2.24. The molecule has 0 saturated carbocycles. The highest BCUT2D eigenvalue weighted by molar-refractivity contribution is 5.86. The van der Waals surface area contributed by atoms with Crippen molar-refractivity contribution in [1.29, 1.82) is 0 Å². The van der Waals surface area contributed by atoms with Gasteiger partial charge in [-0.25, -0.2) is 9.59 Å². The fraction of sp³-hybridized carbons (Fsp3) is 0.579. The third kappa shape index (κ3) is 7.03. The quantitative estimate of drug-likeness (QED) is 0.738. The molecule has 0 aromatic heterocycles. The van der Waals surface area contributed by atoms with E-state index in [0.29, 0.717) is 49.3 Å². The molecule has 1 N–H and O–H groups in total. The second-order valence-electron chi connectivity index (χ2n) is 6.99. The molecular formula is C19H30N2O4. The van der Waals surface area contributed by atoms with Crippen molar-refractivity contribution in [2.75, 3.05) is 24.5 Å². The Morgan fingerprint density at radius 1 is 1.12 bits per heavy atom. The smallest absolute Gasteiger partial charge is 0.415 e. The van der Waals surface area contributed by atoms with Crippen LogP contribution in [0.2, 0.25) is 0 Å². The van der Waals surface area contributed by atoms with Crippen LogP contribution in [0.4, 0.5) is 15.3 Å². The van der Waals surface area contributed by atoms with Crippen molar-refractivity contribution in [2.45, 2.75) is 41.0 Å². The van der Waals surface area contributed by atoms with E-state index in [0.717, 1.165) is 0 Å². The van der Waals surface area contributed by atoms with E-state index in [1.165, 1.54) is 4.90 Å². The number of hydrogen-bond donors (Lipinski definition) is 1. The minimum absolute atomic E-state index is 0.338. The van der Waals surface area contributed by atoms with Gasteiger partial charge in [0.15, 0.2) is 0 Å². The van der Waals surface area contributed by atoms with Crippen molar-refractivity contribution >= 4 is 17.9 Å². The van der Waals surface area contributed by atoms with Crippen LogP contribution in [0, 0.1) is 11.8 Å². The van der Waals surface area contributed by atoms with Crippen molar-refractivity contribution in [1.82, 2.24) is 4.90 Å². The summed E-state index contributed by atoms with van der Waals surface area (Å²) in [6.45, 7) is 11.7. The lowest BCUT2D eigenvalue weighted by molar-refractivity contribution is 0.140. The molecule has 2 amide bonds. The van der Waals surface area contributed by atoms with Gasteiger partial charge in [-0.3, -0.25) is 4.90 Å². The summed E-state index contributed by atoms with van der Waals surface area (Å²) in [4.78, 5) is 26.8. The molecule has 0 radical (unpaired) electrons. The molecule has 1 aromatic rings. The monoisotopic (exact) mass is 350 g/mol. The van der Waals surface area contributed by atoms with Crippen LogP contribution in [0.25, 0.3) is 0 Å². The van der Waals surface area contributed by atoms with Gasteiger partial charge in [0.25, 0.3) is 0 Å². The number of rotatable bonds is 8. The van der Waals surface area contributed by atoms with Gasteiger partial charge in [-0.1, -0.05) is 40.7 Å². The largest absolute Gasteiger partial charge is 0.465 e. The fourth-order valence-electron chi connectivity index (χ4n) is 2.54. The first-order valence-electron chi connectivity index (χ1n) is 8.81. The standard InChI is InChI=1S/C19H30N2O4/c1-6-10-21(18(22)23)16-8-7-9-17(11-16)25-19(24)20(12-14(2)3)13-15(4)5/h7-9,11,14-15H,6,10,12-13H2,1-5H3,(H,22,23). The topological polar surface area (TPSA) is 70.1 Å². The molecule has 25 heavy (non-hydrogen) atoms. The zero-order chi connectivity index (χ0) is 19.0. The minimum Gasteiger partial charge on any atom is -0.465 e. The van der Waals surface area contributed by atoms with E-state index in [4.69, 9.17) is 4.74 Å². The number of carbonyl (C=O) groups excluding carboxylic acids is 1. The Morgan fingerprint density at radius 3 is 2.20 bits per heavy atom. The summed E-state index contributed by atoms with van der Waals surface area (Å²) in [5.74, 6) is 1.02. The maximum absolute atomic E-state index is 12.5. The number of ether oxygens (including phenoxy) is 1. The predicted molar refractivity (Wildman–Crippen MR) is 99.4 cm³/mol. The second kappa shape index (κ2) is 9.91. The number of hydrogen-bond acceptors (Lipinski definition) is 3. The van der Waals surface area contributed by atoms with Gasteiger partial charge in [0.2, 0.25) is 0 Å². The van der Waals surface area contributed by atoms with Crippen molar-refractivity contribution in [3.05, 3.63) is 24.3 Å². The van der Waals surface area contributed by atoms with Gasteiger partial charge in [0.05, 0.1) is 5.69 Å². The third-order valence-electron chi connectivity index (χ3n) is 3.44. The van der Waals surface area contributed by atoms with Gasteiger partial charge in [0.1, 0.15) is 5.75 Å². The Labute approximate surface area is 150 Å². The highest BCUT2D eigenvalue weighted by Gasteiger charge is 2.19. The van der Waals surface area contributed by atoms with Crippen molar-refractivity contribution in [3.63, 3.8) is 0 Å². The number of anilines is 1. The molecule has 0 heterocycles. The molecule has 0 fully saturated rings. The van der Waals surface area contributed by atoms with E-state index < -0.39 is 12.2 Å². The maximum atomic E-state index is 12.5. The molecule has 1 aromatic carbocycles. The second-order valence-corrected chi connectivity index (χ2v) is 6.99. The van der Waals surface area contributed by atoms with Gasteiger partial charge in [-0.15, -0.1) is 0 Å². The molecule has 140 valence electrons. The predicted octanol–water partition coefficient (Wildman–Crippen LogP) is 4.69. The third-order valence-corrected chi connectivity index (χ3v) is 3.44. The van der Waals surface area contributed by atoms with Crippen molar-refractivity contribution in [2.24, 2.45) is 11.8 Å². The molecule has 0 atom stereocenters. The number of amides is 2. The number of nitrogens with zero attached hydrogens (tertiary/aromatic N) is 2. The van der Waals surface area contributed by atoms with Gasteiger partial charge < -0.3 is 14.7 Å². The molecule has 0 aliphatic heterocycles. The molecule has 1 rings (SSSR count). The highest BCUT2D eigenvalue weighted by Crippen LogP contribution is 2.22. The summed E-state index contributed by atoms with van der Waals surface area (Å²) < 4.78 is 5.49. The molecule has 6 nitrogen and oxygen atoms in total. The number of benzene rings is 1. The van der Waals surface area contributed by atoms with Gasteiger partial charge in [0, 0.05) is 25.7 Å². The van der Waals surface area contributed by atoms with Crippen molar-refractivity contribution < 1.29 is 19.4 Å². The first kappa shape index (κ1) is 20.8. The summed E-state index contributed by atoms with van der Waals surface area (Å²) in [5.41, 5.74) is 0.499. The Kier molecular flexibility index (Phi) is 8.25. The zero-order valence-corrected chi connectivity index (χ0v) is 15.9. The normalized spacial score (nSPS) is 10.8. The van der Waals surface area contributed by atoms with Gasteiger partial charge in [-0.2, -0.15) is 0 Å². The molecule has 0 unspecified atom stereocenters. The summed E-state index contributed by atoms with van der Waals surface area (Å²) in [7, 11) is 0. The zero-order valence-electron chi connectivity index (χ0n) is 15.9. The molecule has 0 saturated heterocycles. The average molecular weight is 350 g/mol. The molecular weight excluding hydrogens is 320 g/mol. The number of carbonyl (C=O) groups is 2. The maximum Gasteiger partial charge on any atom is 0.415 e. The Bertz CT molecular complexity index is 562.